The zero-order valence-corrected chi connectivity index (χ0v) is 13.7. The third-order valence-electron chi connectivity index (χ3n) is 3.56. The van der Waals surface area contributed by atoms with Gasteiger partial charge in [0.25, 0.3) is 0 Å². The zero-order chi connectivity index (χ0) is 18.0. The summed E-state index contributed by atoms with van der Waals surface area (Å²) in [7, 11) is -2.56. The van der Waals surface area contributed by atoms with Crippen molar-refractivity contribution in [2.75, 3.05) is 0 Å². The van der Waals surface area contributed by atoms with Gasteiger partial charge in [0.1, 0.15) is 10.7 Å². The first-order valence-electron chi connectivity index (χ1n) is 7.28. The van der Waals surface area contributed by atoms with Gasteiger partial charge in [-0.15, -0.1) is 0 Å². The molecule has 0 spiro atoms. The Bertz CT molecular complexity index is 938. The first kappa shape index (κ1) is 17.2. The molecule has 0 amide bonds. The van der Waals surface area contributed by atoms with Crippen LogP contribution in [0.25, 0.3) is 16.9 Å². The van der Waals surface area contributed by atoms with E-state index in [1.165, 1.54) is 4.68 Å². The normalized spacial score (nSPS) is 11.8. The molecule has 0 radical (unpaired) electrons. The van der Waals surface area contributed by atoms with Crippen LogP contribution in [-0.4, -0.2) is 18.2 Å². The van der Waals surface area contributed by atoms with Gasteiger partial charge in [0.05, 0.1) is 17.1 Å². The molecule has 0 bridgehead atoms. The Hall–Kier alpha value is -2.61. The highest BCUT2D eigenvalue weighted by Crippen LogP contribution is 2.33. The van der Waals surface area contributed by atoms with Crippen LogP contribution >= 0.6 is 0 Å². The van der Waals surface area contributed by atoms with Gasteiger partial charge in [-0.1, -0.05) is 42.5 Å². The predicted molar refractivity (Wildman–Crippen MR) is 88.0 cm³/mol. The number of aromatic nitrogens is 2. The minimum absolute atomic E-state index is 0.110. The number of thiol groups is 1. The lowest BCUT2D eigenvalue weighted by molar-refractivity contribution is -0.141. The van der Waals surface area contributed by atoms with Crippen molar-refractivity contribution in [2.45, 2.75) is 11.9 Å². The van der Waals surface area contributed by atoms with Crippen molar-refractivity contribution in [1.82, 2.24) is 9.78 Å². The summed E-state index contributed by atoms with van der Waals surface area (Å²) >= 11 is 0. The maximum atomic E-state index is 13.1. The minimum Gasteiger partial charge on any atom is -0.233 e. The SMILES string of the molecule is O=[SH](=O)Cc1ccc(-c2cc(C(F)(F)F)nn2-c2ccccc2)cc1. The molecule has 0 aliphatic carbocycles. The largest absolute Gasteiger partial charge is 0.435 e. The van der Waals surface area contributed by atoms with Crippen LogP contribution in [0.15, 0.2) is 60.7 Å². The molecule has 0 aliphatic rings. The van der Waals surface area contributed by atoms with Crippen LogP contribution in [0, 0.1) is 0 Å². The predicted octanol–water partition coefficient (Wildman–Crippen LogP) is 3.67. The first-order valence-corrected chi connectivity index (χ1v) is 8.64. The average molecular weight is 366 g/mol. The van der Waals surface area contributed by atoms with Gasteiger partial charge in [-0.2, -0.15) is 18.3 Å². The van der Waals surface area contributed by atoms with E-state index in [0.29, 0.717) is 16.8 Å². The molecule has 0 saturated heterocycles. The summed E-state index contributed by atoms with van der Waals surface area (Å²) in [6.07, 6.45) is -4.56. The number of para-hydroxylation sites is 1. The summed E-state index contributed by atoms with van der Waals surface area (Å²) < 4.78 is 62.0. The second-order valence-corrected chi connectivity index (χ2v) is 6.33. The molecule has 0 unspecified atom stereocenters. The Morgan fingerprint density at radius 3 is 2.16 bits per heavy atom. The molecule has 0 saturated carbocycles. The van der Waals surface area contributed by atoms with Crippen molar-refractivity contribution in [3.05, 3.63) is 71.9 Å². The fraction of sp³-hybridized carbons (Fsp3) is 0.118. The molecule has 4 nitrogen and oxygen atoms in total. The summed E-state index contributed by atoms with van der Waals surface area (Å²) in [5.74, 6) is -0.110. The number of halogens is 3. The molecule has 1 aromatic heterocycles. The Balaban J connectivity index is 2.09. The van der Waals surface area contributed by atoms with Crippen molar-refractivity contribution >= 4 is 10.7 Å². The Kier molecular flexibility index (Phi) is 4.63. The first-order chi connectivity index (χ1) is 11.8. The van der Waals surface area contributed by atoms with Crippen LogP contribution in [0.2, 0.25) is 0 Å². The van der Waals surface area contributed by atoms with Crippen molar-refractivity contribution in [2.24, 2.45) is 0 Å². The van der Waals surface area contributed by atoms with Gasteiger partial charge in [0, 0.05) is 5.56 Å². The maximum absolute atomic E-state index is 13.1. The second kappa shape index (κ2) is 6.72. The molecule has 0 aliphatic heterocycles. The van der Waals surface area contributed by atoms with Gasteiger partial charge >= 0.3 is 6.18 Å². The van der Waals surface area contributed by atoms with Gasteiger partial charge in [0.2, 0.25) is 0 Å². The molecular formula is C17H13F3N2O2S. The number of alkyl halides is 3. The highest BCUT2D eigenvalue weighted by molar-refractivity contribution is 7.71. The van der Waals surface area contributed by atoms with Gasteiger partial charge in [0.15, 0.2) is 5.69 Å². The van der Waals surface area contributed by atoms with Crippen molar-refractivity contribution in [3.63, 3.8) is 0 Å². The van der Waals surface area contributed by atoms with Crippen LogP contribution in [-0.2, 0) is 22.6 Å². The van der Waals surface area contributed by atoms with Gasteiger partial charge in [-0.3, -0.25) is 0 Å². The van der Waals surface area contributed by atoms with E-state index < -0.39 is 22.6 Å². The fourth-order valence-electron chi connectivity index (χ4n) is 2.42. The highest BCUT2D eigenvalue weighted by Gasteiger charge is 2.35. The van der Waals surface area contributed by atoms with Gasteiger partial charge in [-0.25, -0.2) is 13.1 Å². The summed E-state index contributed by atoms with van der Waals surface area (Å²) in [6, 6.07) is 15.8. The molecule has 3 aromatic rings. The molecule has 25 heavy (non-hydrogen) atoms. The van der Waals surface area contributed by atoms with E-state index >= 15 is 0 Å². The van der Waals surface area contributed by atoms with E-state index in [1.54, 1.807) is 54.6 Å². The molecule has 1 heterocycles. The van der Waals surface area contributed by atoms with E-state index in [0.717, 1.165) is 6.07 Å². The van der Waals surface area contributed by atoms with E-state index in [9.17, 15) is 21.6 Å². The van der Waals surface area contributed by atoms with E-state index in [-0.39, 0.29) is 11.4 Å². The summed E-state index contributed by atoms with van der Waals surface area (Å²) in [4.78, 5) is 0. The molecule has 0 N–H and O–H groups in total. The fourth-order valence-corrected chi connectivity index (χ4v) is 2.93. The molecule has 2 aromatic carbocycles. The van der Waals surface area contributed by atoms with Crippen molar-refractivity contribution in [3.8, 4) is 16.9 Å². The molecule has 3 rings (SSSR count). The van der Waals surface area contributed by atoms with Crippen LogP contribution in [0.5, 0.6) is 0 Å². The Morgan fingerprint density at radius 2 is 1.60 bits per heavy atom. The van der Waals surface area contributed by atoms with Crippen LogP contribution in [0.1, 0.15) is 11.3 Å². The second-order valence-electron chi connectivity index (χ2n) is 5.35. The lowest BCUT2D eigenvalue weighted by Gasteiger charge is -2.08. The third-order valence-corrected chi connectivity index (χ3v) is 4.19. The smallest absolute Gasteiger partial charge is 0.233 e. The van der Waals surface area contributed by atoms with E-state index in [4.69, 9.17) is 0 Å². The summed E-state index contributed by atoms with van der Waals surface area (Å²) in [6.45, 7) is 0. The molecule has 130 valence electrons. The van der Waals surface area contributed by atoms with Gasteiger partial charge in [-0.05, 0) is 23.8 Å². The lowest BCUT2D eigenvalue weighted by Crippen LogP contribution is -2.07. The average Bonchev–Trinajstić information content (AvgIpc) is 3.01. The zero-order valence-electron chi connectivity index (χ0n) is 12.8. The third kappa shape index (κ3) is 3.90. The molecular weight excluding hydrogens is 353 g/mol. The number of benzene rings is 2. The lowest BCUT2D eigenvalue weighted by atomic mass is 10.1. The number of hydrogen-bond donors (Lipinski definition) is 1. The Morgan fingerprint density at radius 1 is 0.960 bits per heavy atom. The quantitative estimate of drug-likeness (QED) is 0.717. The molecule has 0 atom stereocenters. The van der Waals surface area contributed by atoms with Crippen molar-refractivity contribution < 1.29 is 21.6 Å². The summed E-state index contributed by atoms with van der Waals surface area (Å²) in [5, 5.41) is 3.69. The number of rotatable bonds is 4. The van der Waals surface area contributed by atoms with Crippen molar-refractivity contribution in [1.29, 1.82) is 0 Å². The minimum atomic E-state index is -4.56. The Labute approximate surface area is 143 Å². The van der Waals surface area contributed by atoms with Crippen LogP contribution in [0.4, 0.5) is 13.2 Å². The van der Waals surface area contributed by atoms with E-state index in [2.05, 4.69) is 5.10 Å². The number of nitrogens with zero attached hydrogens (tertiary/aromatic N) is 2. The van der Waals surface area contributed by atoms with Gasteiger partial charge < -0.3 is 0 Å². The van der Waals surface area contributed by atoms with E-state index in [1.807, 2.05) is 0 Å². The van der Waals surface area contributed by atoms with Crippen LogP contribution in [0.3, 0.4) is 0 Å². The molecule has 0 fully saturated rings. The number of hydrogen-bond acceptors (Lipinski definition) is 3. The van der Waals surface area contributed by atoms with Crippen LogP contribution < -0.4 is 0 Å². The maximum Gasteiger partial charge on any atom is 0.435 e. The standard InChI is InChI=1S/C17H13F3N2O2S/c18-17(19,20)16-10-15(22(21-16)14-4-2-1-3-5-14)13-8-6-12(7-9-13)11-25(23)24/h1-10,25H,11H2. The monoisotopic (exact) mass is 366 g/mol. The molecule has 8 heteroatoms. The highest BCUT2D eigenvalue weighted by atomic mass is 32.2. The topological polar surface area (TPSA) is 52.0 Å². The summed E-state index contributed by atoms with van der Waals surface area (Å²) in [5.41, 5.74) is 0.868.